The first-order valence-electron chi connectivity index (χ1n) is 3.91. The van der Waals surface area contributed by atoms with Crippen molar-refractivity contribution in [2.75, 3.05) is 11.5 Å². The standard InChI is InChI=1S/C7H13NO2S2/c8-5(7(9)10)1-2-6-11-3-4-12-6/h5-6H,1-4,8H2,(H,9,10). The molecular formula is C7H13NO2S2. The minimum atomic E-state index is -0.886. The van der Waals surface area contributed by atoms with Gasteiger partial charge >= 0.3 is 5.97 Å². The number of hydrogen-bond donors (Lipinski definition) is 2. The van der Waals surface area contributed by atoms with Crippen LogP contribution < -0.4 is 5.73 Å². The Morgan fingerprint density at radius 3 is 2.67 bits per heavy atom. The minimum Gasteiger partial charge on any atom is -0.480 e. The van der Waals surface area contributed by atoms with Gasteiger partial charge in [-0.3, -0.25) is 4.79 Å². The molecule has 3 nitrogen and oxygen atoms in total. The number of carbonyl (C=O) groups is 1. The SMILES string of the molecule is NC(CCC1SCCS1)C(=O)O. The molecule has 1 heterocycles. The fourth-order valence-electron chi connectivity index (χ4n) is 1.01. The average Bonchev–Trinajstić information content (AvgIpc) is 2.51. The molecule has 1 unspecified atom stereocenters. The predicted octanol–water partition coefficient (Wildman–Crippen LogP) is 0.985. The Kier molecular flexibility index (Phi) is 4.25. The molecular weight excluding hydrogens is 194 g/mol. The maximum atomic E-state index is 10.4. The molecule has 0 aromatic heterocycles. The van der Waals surface area contributed by atoms with Gasteiger partial charge in [0.1, 0.15) is 6.04 Å². The molecule has 1 saturated heterocycles. The predicted molar refractivity (Wildman–Crippen MR) is 53.5 cm³/mol. The smallest absolute Gasteiger partial charge is 0.320 e. The molecule has 1 aliphatic rings. The Labute approximate surface area is 80.5 Å². The summed E-state index contributed by atoms with van der Waals surface area (Å²) < 4.78 is 0.579. The monoisotopic (exact) mass is 207 g/mol. The van der Waals surface area contributed by atoms with Gasteiger partial charge in [0, 0.05) is 11.5 Å². The zero-order chi connectivity index (χ0) is 8.97. The van der Waals surface area contributed by atoms with Crippen molar-refractivity contribution < 1.29 is 9.90 Å². The number of carboxylic acid groups (broad SMARTS) is 1. The van der Waals surface area contributed by atoms with Crippen LogP contribution in [0.1, 0.15) is 12.8 Å². The summed E-state index contributed by atoms with van der Waals surface area (Å²) in [4.78, 5) is 10.4. The molecule has 0 saturated carbocycles. The molecule has 0 radical (unpaired) electrons. The molecule has 0 bridgehead atoms. The summed E-state index contributed by atoms with van der Waals surface area (Å²) in [5, 5.41) is 8.52. The molecule has 12 heavy (non-hydrogen) atoms. The van der Waals surface area contributed by atoms with E-state index in [0.29, 0.717) is 11.0 Å². The van der Waals surface area contributed by atoms with Gasteiger partial charge in [-0.25, -0.2) is 0 Å². The highest BCUT2D eigenvalue weighted by molar-refractivity contribution is 8.20. The first kappa shape index (κ1) is 10.2. The van der Waals surface area contributed by atoms with E-state index in [1.807, 2.05) is 23.5 Å². The molecule has 1 rings (SSSR count). The Morgan fingerprint density at radius 1 is 1.58 bits per heavy atom. The maximum absolute atomic E-state index is 10.4. The molecule has 0 spiro atoms. The van der Waals surface area contributed by atoms with Gasteiger partial charge in [0.05, 0.1) is 4.58 Å². The van der Waals surface area contributed by atoms with Gasteiger partial charge in [-0.1, -0.05) is 0 Å². The van der Waals surface area contributed by atoms with E-state index in [9.17, 15) is 4.79 Å². The quantitative estimate of drug-likeness (QED) is 0.719. The minimum absolute atomic E-state index is 0.579. The van der Waals surface area contributed by atoms with E-state index < -0.39 is 12.0 Å². The molecule has 1 atom stereocenters. The van der Waals surface area contributed by atoms with Crippen LogP contribution in [0, 0.1) is 0 Å². The summed E-state index contributed by atoms with van der Waals surface area (Å²) in [5.41, 5.74) is 5.38. The highest BCUT2D eigenvalue weighted by Crippen LogP contribution is 2.35. The Hall–Kier alpha value is 0.130. The van der Waals surface area contributed by atoms with E-state index in [2.05, 4.69) is 0 Å². The van der Waals surface area contributed by atoms with E-state index in [0.717, 1.165) is 6.42 Å². The fourth-order valence-corrected chi connectivity index (χ4v) is 3.88. The van der Waals surface area contributed by atoms with Crippen LogP contribution in [0.3, 0.4) is 0 Å². The molecule has 0 aliphatic carbocycles. The highest BCUT2D eigenvalue weighted by Gasteiger charge is 2.19. The van der Waals surface area contributed by atoms with Gasteiger partial charge in [-0.05, 0) is 12.8 Å². The third-order valence-electron chi connectivity index (χ3n) is 1.72. The maximum Gasteiger partial charge on any atom is 0.320 e. The third-order valence-corrected chi connectivity index (χ3v) is 4.89. The normalized spacial score (nSPS) is 21.1. The van der Waals surface area contributed by atoms with Crippen LogP contribution in [-0.2, 0) is 4.79 Å². The molecule has 0 aromatic rings. The topological polar surface area (TPSA) is 63.3 Å². The van der Waals surface area contributed by atoms with Gasteiger partial charge in [0.2, 0.25) is 0 Å². The van der Waals surface area contributed by atoms with Crippen LogP contribution in [0.2, 0.25) is 0 Å². The second kappa shape index (κ2) is 4.99. The van der Waals surface area contributed by atoms with Crippen molar-refractivity contribution in [2.45, 2.75) is 23.5 Å². The van der Waals surface area contributed by atoms with E-state index >= 15 is 0 Å². The molecule has 70 valence electrons. The lowest BCUT2D eigenvalue weighted by Crippen LogP contribution is -2.30. The summed E-state index contributed by atoms with van der Waals surface area (Å²) in [6.45, 7) is 0. The fraction of sp³-hybridized carbons (Fsp3) is 0.857. The summed E-state index contributed by atoms with van der Waals surface area (Å²) in [7, 11) is 0. The van der Waals surface area contributed by atoms with Crippen molar-refractivity contribution in [3.63, 3.8) is 0 Å². The summed E-state index contributed by atoms with van der Waals surface area (Å²) in [6, 6.07) is -0.674. The first-order chi connectivity index (χ1) is 5.70. The first-order valence-corrected chi connectivity index (χ1v) is 6.01. The molecule has 5 heteroatoms. The van der Waals surface area contributed by atoms with Crippen LogP contribution >= 0.6 is 23.5 Å². The second-order valence-corrected chi connectivity index (χ2v) is 5.61. The third kappa shape index (κ3) is 3.25. The highest BCUT2D eigenvalue weighted by atomic mass is 32.2. The summed E-state index contributed by atoms with van der Waals surface area (Å²) in [5.74, 6) is 1.50. The zero-order valence-electron chi connectivity index (χ0n) is 6.73. The molecule has 1 aliphatic heterocycles. The van der Waals surface area contributed by atoms with E-state index in [-0.39, 0.29) is 0 Å². The Balaban J connectivity index is 2.11. The number of rotatable bonds is 4. The Bertz CT molecular complexity index is 159. The number of carboxylic acids is 1. The van der Waals surface area contributed by atoms with Gasteiger partial charge in [-0.2, -0.15) is 0 Å². The lowest BCUT2D eigenvalue weighted by molar-refractivity contribution is -0.138. The molecule has 1 fully saturated rings. The van der Waals surface area contributed by atoms with Crippen molar-refractivity contribution in [2.24, 2.45) is 5.73 Å². The molecule has 3 N–H and O–H groups in total. The van der Waals surface area contributed by atoms with E-state index in [1.165, 1.54) is 11.5 Å². The van der Waals surface area contributed by atoms with Crippen molar-refractivity contribution >= 4 is 29.5 Å². The lowest BCUT2D eigenvalue weighted by Gasteiger charge is -2.09. The van der Waals surface area contributed by atoms with E-state index in [1.54, 1.807) is 0 Å². The van der Waals surface area contributed by atoms with Crippen molar-refractivity contribution in [1.82, 2.24) is 0 Å². The van der Waals surface area contributed by atoms with Crippen molar-refractivity contribution in [3.05, 3.63) is 0 Å². The van der Waals surface area contributed by atoms with Gasteiger partial charge in [0.15, 0.2) is 0 Å². The zero-order valence-corrected chi connectivity index (χ0v) is 8.37. The van der Waals surface area contributed by atoms with E-state index in [4.69, 9.17) is 10.8 Å². The summed E-state index contributed by atoms with van der Waals surface area (Å²) in [6.07, 6.45) is 1.52. The van der Waals surface area contributed by atoms with Gasteiger partial charge in [-0.15, -0.1) is 23.5 Å². The van der Waals surface area contributed by atoms with Crippen LogP contribution in [0.5, 0.6) is 0 Å². The second-order valence-electron chi connectivity index (χ2n) is 2.69. The number of nitrogens with two attached hydrogens (primary N) is 1. The average molecular weight is 207 g/mol. The largest absolute Gasteiger partial charge is 0.480 e. The number of aliphatic carboxylic acids is 1. The lowest BCUT2D eigenvalue weighted by atomic mass is 10.2. The van der Waals surface area contributed by atoms with Gasteiger partial charge < -0.3 is 10.8 Å². The summed E-state index contributed by atoms with van der Waals surface area (Å²) >= 11 is 3.82. The van der Waals surface area contributed by atoms with Crippen LogP contribution in [0.4, 0.5) is 0 Å². The number of thioether (sulfide) groups is 2. The molecule has 0 aromatic carbocycles. The Morgan fingerprint density at radius 2 is 2.17 bits per heavy atom. The van der Waals surface area contributed by atoms with Crippen LogP contribution in [0.15, 0.2) is 0 Å². The van der Waals surface area contributed by atoms with Gasteiger partial charge in [0.25, 0.3) is 0 Å². The van der Waals surface area contributed by atoms with Crippen LogP contribution in [-0.4, -0.2) is 33.2 Å². The van der Waals surface area contributed by atoms with Crippen molar-refractivity contribution in [3.8, 4) is 0 Å². The van der Waals surface area contributed by atoms with Crippen molar-refractivity contribution in [1.29, 1.82) is 0 Å². The molecule has 0 amide bonds. The number of hydrogen-bond acceptors (Lipinski definition) is 4. The van der Waals surface area contributed by atoms with Crippen LogP contribution in [0.25, 0.3) is 0 Å².